The fourth-order valence-electron chi connectivity index (χ4n) is 2.80. The van der Waals surface area contributed by atoms with E-state index in [1.54, 1.807) is 23.9 Å². The third-order valence-electron chi connectivity index (χ3n) is 4.15. The van der Waals surface area contributed by atoms with Gasteiger partial charge in [0.2, 0.25) is 0 Å². The molecule has 0 unspecified atom stereocenters. The quantitative estimate of drug-likeness (QED) is 0.718. The van der Waals surface area contributed by atoms with Crippen molar-refractivity contribution in [3.8, 4) is 0 Å². The number of amides is 1. The SMILES string of the molecule is Cc1nc2c(cnn2C(C)C)cc1C(=O)Nc1ccc(CC(=O)O)c(F)c1. The summed E-state index contributed by atoms with van der Waals surface area (Å²) >= 11 is 0. The van der Waals surface area contributed by atoms with E-state index in [-0.39, 0.29) is 17.3 Å². The maximum absolute atomic E-state index is 14.0. The normalized spacial score (nSPS) is 11.1. The molecule has 0 bridgehead atoms. The van der Waals surface area contributed by atoms with Crippen LogP contribution in [0.4, 0.5) is 10.1 Å². The van der Waals surface area contributed by atoms with Crippen LogP contribution in [0.15, 0.2) is 30.5 Å². The maximum atomic E-state index is 14.0. The Morgan fingerprint density at radius 1 is 1.30 bits per heavy atom. The zero-order chi connectivity index (χ0) is 19.7. The van der Waals surface area contributed by atoms with E-state index in [0.717, 1.165) is 11.5 Å². The number of pyridine rings is 1. The molecular weight excluding hydrogens is 351 g/mol. The first-order valence-corrected chi connectivity index (χ1v) is 8.42. The molecule has 0 saturated carbocycles. The number of hydrogen-bond acceptors (Lipinski definition) is 4. The highest BCUT2D eigenvalue weighted by atomic mass is 19.1. The van der Waals surface area contributed by atoms with Crippen molar-refractivity contribution in [2.45, 2.75) is 33.2 Å². The fraction of sp³-hybridized carbons (Fsp3) is 0.263. The van der Waals surface area contributed by atoms with Crippen molar-refractivity contribution in [1.29, 1.82) is 0 Å². The summed E-state index contributed by atoms with van der Waals surface area (Å²) in [6.07, 6.45) is 1.23. The van der Waals surface area contributed by atoms with Crippen LogP contribution in [0.1, 0.15) is 41.5 Å². The standard InChI is InChI=1S/C19H19FN4O3/c1-10(2)24-18-13(9-21-24)6-15(11(3)22-18)19(27)23-14-5-4-12(7-17(25)26)16(20)8-14/h4-6,8-10H,7H2,1-3H3,(H,23,27)(H,25,26). The van der Waals surface area contributed by atoms with Crippen molar-refractivity contribution >= 4 is 28.6 Å². The van der Waals surface area contributed by atoms with E-state index in [0.29, 0.717) is 16.9 Å². The molecule has 0 aliphatic rings. The summed E-state index contributed by atoms with van der Waals surface area (Å²) in [4.78, 5) is 27.8. The lowest BCUT2D eigenvalue weighted by Crippen LogP contribution is -2.15. The number of anilines is 1. The molecule has 140 valence electrons. The highest BCUT2D eigenvalue weighted by Gasteiger charge is 2.16. The van der Waals surface area contributed by atoms with Gasteiger partial charge in [0.15, 0.2) is 5.65 Å². The van der Waals surface area contributed by atoms with Crippen LogP contribution in [0.3, 0.4) is 0 Å². The summed E-state index contributed by atoms with van der Waals surface area (Å²) < 4.78 is 15.8. The van der Waals surface area contributed by atoms with Gasteiger partial charge in [-0.3, -0.25) is 9.59 Å². The number of aryl methyl sites for hydroxylation is 1. The number of carboxylic acid groups (broad SMARTS) is 1. The third kappa shape index (κ3) is 3.79. The number of aromatic nitrogens is 3. The van der Waals surface area contributed by atoms with Crippen molar-refractivity contribution in [1.82, 2.24) is 14.8 Å². The molecule has 3 rings (SSSR count). The lowest BCUT2D eigenvalue weighted by atomic mass is 10.1. The average Bonchev–Trinajstić information content (AvgIpc) is 2.99. The van der Waals surface area contributed by atoms with Gasteiger partial charge in [-0.2, -0.15) is 5.10 Å². The van der Waals surface area contributed by atoms with Crippen LogP contribution in [-0.2, 0) is 11.2 Å². The van der Waals surface area contributed by atoms with E-state index in [9.17, 15) is 14.0 Å². The number of nitrogens with zero attached hydrogens (tertiary/aromatic N) is 3. The summed E-state index contributed by atoms with van der Waals surface area (Å²) in [5.41, 5.74) is 1.89. The maximum Gasteiger partial charge on any atom is 0.307 e. The molecule has 2 aromatic heterocycles. The smallest absolute Gasteiger partial charge is 0.307 e. The lowest BCUT2D eigenvalue weighted by molar-refractivity contribution is -0.136. The van der Waals surface area contributed by atoms with E-state index < -0.39 is 24.1 Å². The molecule has 1 amide bonds. The van der Waals surface area contributed by atoms with E-state index in [1.165, 1.54) is 12.1 Å². The molecule has 8 heteroatoms. The number of fused-ring (bicyclic) bond motifs is 1. The zero-order valence-corrected chi connectivity index (χ0v) is 15.2. The van der Waals surface area contributed by atoms with Gasteiger partial charge >= 0.3 is 5.97 Å². The summed E-state index contributed by atoms with van der Waals surface area (Å²) in [6, 6.07) is 5.76. The van der Waals surface area contributed by atoms with Crippen LogP contribution in [0.25, 0.3) is 11.0 Å². The molecule has 1 aromatic carbocycles. The molecular formula is C19H19FN4O3. The van der Waals surface area contributed by atoms with Gasteiger partial charge < -0.3 is 10.4 Å². The number of nitrogens with one attached hydrogen (secondary N) is 1. The number of carbonyl (C=O) groups excluding carboxylic acids is 1. The monoisotopic (exact) mass is 370 g/mol. The minimum absolute atomic E-state index is 0.0564. The first-order valence-electron chi connectivity index (χ1n) is 8.42. The van der Waals surface area contributed by atoms with Gasteiger partial charge in [-0.15, -0.1) is 0 Å². The molecule has 0 spiro atoms. The van der Waals surface area contributed by atoms with E-state index in [4.69, 9.17) is 5.11 Å². The molecule has 2 N–H and O–H groups in total. The Hall–Kier alpha value is -3.29. The van der Waals surface area contributed by atoms with Gasteiger partial charge in [0.05, 0.1) is 23.9 Å². The van der Waals surface area contributed by atoms with Crippen LogP contribution in [0, 0.1) is 12.7 Å². The number of aliphatic carboxylic acids is 1. The lowest BCUT2D eigenvalue weighted by Gasteiger charge is -2.10. The summed E-state index contributed by atoms with van der Waals surface area (Å²) in [5, 5.41) is 16.4. The largest absolute Gasteiger partial charge is 0.481 e. The van der Waals surface area contributed by atoms with Crippen molar-refractivity contribution in [3.63, 3.8) is 0 Å². The van der Waals surface area contributed by atoms with Crippen LogP contribution in [-0.4, -0.2) is 31.7 Å². The molecule has 27 heavy (non-hydrogen) atoms. The van der Waals surface area contributed by atoms with E-state index in [1.807, 2.05) is 13.8 Å². The summed E-state index contributed by atoms with van der Waals surface area (Å²) in [6.45, 7) is 5.71. The van der Waals surface area contributed by atoms with Gasteiger partial charge in [0.1, 0.15) is 5.82 Å². The summed E-state index contributed by atoms with van der Waals surface area (Å²) in [5.74, 6) is -2.23. The Bertz CT molecular complexity index is 1040. The molecule has 0 aliphatic heterocycles. The highest BCUT2D eigenvalue weighted by Crippen LogP contribution is 2.21. The Morgan fingerprint density at radius 3 is 2.67 bits per heavy atom. The summed E-state index contributed by atoms with van der Waals surface area (Å²) in [7, 11) is 0. The molecule has 0 saturated heterocycles. The van der Waals surface area contributed by atoms with Gasteiger partial charge in [0.25, 0.3) is 5.91 Å². The minimum atomic E-state index is -1.12. The Morgan fingerprint density at radius 2 is 2.04 bits per heavy atom. The number of benzene rings is 1. The van der Waals surface area contributed by atoms with Crippen molar-refractivity contribution in [2.24, 2.45) is 0 Å². The second-order valence-electron chi connectivity index (χ2n) is 6.55. The Balaban J connectivity index is 1.87. The first-order chi connectivity index (χ1) is 12.8. The Kier molecular flexibility index (Phi) is 4.89. The molecule has 0 fully saturated rings. The predicted octanol–water partition coefficient (Wildman–Crippen LogP) is 3.34. The second kappa shape index (κ2) is 7.14. The van der Waals surface area contributed by atoms with Gasteiger partial charge in [-0.1, -0.05) is 6.07 Å². The minimum Gasteiger partial charge on any atom is -0.481 e. The Labute approximate surface area is 154 Å². The third-order valence-corrected chi connectivity index (χ3v) is 4.15. The second-order valence-corrected chi connectivity index (χ2v) is 6.55. The topological polar surface area (TPSA) is 97.1 Å². The number of halogens is 1. The zero-order valence-electron chi connectivity index (χ0n) is 15.2. The van der Waals surface area contributed by atoms with Crippen molar-refractivity contribution in [3.05, 3.63) is 53.1 Å². The van der Waals surface area contributed by atoms with Crippen LogP contribution in [0.2, 0.25) is 0 Å². The number of carbonyl (C=O) groups is 2. The molecule has 0 aliphatic carbocycles. The van der Waals surface area contributed by atoms with Crippen LogP contribution < -0.4 is 5.32 Å². The molecule has 3 aromatic rings. The van der Waals surface area contributed by atoms with Crippen LogP contribution >= 0.6 is 0 Å². The average molecular weight is 370 g/mol. The van der Waals surface area contributed by atoms with Crippen molar-refractivity contribution < 1.29 is 19.1 Å². The first kappa shape index (κ1) is 18.5. The molecule has 0 atom stereocenters. The molecule has 2 heterocycles. The van der Waals surface area contributed by atoms with Gasteiger partial charge in [-0.25, -0.2) is 14.1 Å². The molecule has 7 nitrogen and oxygen atoms in total. The number of carboxylic acids is 1. The number of rotatable bonds is 5. The number of hydrogen-bond donors (Lipinski definition) is 2. The highest BCUT2D eigenvalue weighted by molar-refractivity contribution is 6.06. The van der Waals surface area contributed by atoms with Gasteiger partial charge in [-0.05, 0) is 44.5 Å². The van der Waals surface area contributed by atoms with E-state index >= 15 is 0 Å². The molecule has 0 radical (unpaired) electrons. The van der Waals surface area contributed by atoms with Gasteiger partial charge in [0, 0.05) is 17.1 Å². The predicted molar refractivity (Wildman–Crippen MR) is 98.3 cm³/mol. The van der Waals surface area contributed by atoms with E-state index in [2.05, 4.69) is 15.4 Å². The fourth-order valence-corrected chi connectivity index (χ4v) is 2.80. The van der Waals surface area contributed by atoms with Crippen molar-refractivity contribution in [2.75, 3.05) is 5.32 Å². The van der Waals surface area contributed by atoms with Crippen LogP contribution in [0.5, 0.6) is 0 Å².